The lowest BCUT2D eigenvalue weighted by molar-refractivity contribution is 0.646. The fraction of sp³-hybridized carbons (Fsp3) is 0.381. The minimum absolute atomic E-state index is 0.169. The summed E-state index contributed by atoms with van der Waals surface area (Å²) in [5.74, 6) is 0.681. The number of rotatable bonds is 5. The number of hydrogen-bond acceptors (Lipinski definition) is 1. The second-order valence-corrected chi connectivity index (χ2v) is 7.33. The van der Waals surface area contributed by atoms with Crippen LogP contribution in [0.25, 0.3) is 0 Å². The summed E-state index contributed by atoms with van der Waals surface area (Å²) in [4.78, 5) is 0. The van der Waals surface area contributed by atoms with Gasteiger partial charge in [-0.05, 0) is 67.6 Å². The fourth-order valence-corrected chi connectivity index (χ4v) is 3.13. The SMILES string of the molecule is Cc1cccc(C)c1NC(=S)NC(C)c1ccc(CC(C)C)cc1. The van der Waals surface area contributed by atoms with Gasteiger partial charge < -0.3 is 10.6 Å². The van der Waals surface area contributed by atoms with Crippen molar-refractivity contribution < 1.29 is 0 Å². The van der Waals surface area contributed by atoms with Crippen LogP contribution in [0.4, 0.5) is 5.69 Å². The third-order valence-electron chi connectivity index (χ3n) is 4.19. The van der Waals surface area contributed by atoms with Crippen LogP contribution in [0, 0.1) is 19.8 Å². The molecule has 0 radical (unpaired) electrons. The molecule has 0 aliphatic rings. The highest BCUT2D eigenvalue weighted by molar-refractivity contribution is 7.80. The van der Waals surface area contributed by atoms with Gasteiger partial charge in [0.15, 0.2) is 5.11 Å². The van der Waals surface area contributed by atoms with Gasteiger partial charge in [0, 0.05) is 5.69 Å². The van der Waals surface area contributed by atoms with Crippen molar-refractivity contribution >= 4 is 23.0 Å². The van der Waals surface area contributed by atoms with Crippen LogP contribution >= 0.6 is 12.2 Å². The molecule has 0 aliphatic heterocycles. The van der Waals surface area contributed by atoms with Crippen molar-refractivity contribution in [2.75, 3.05) is 5.32 Å². The van der Waals surface area contributed by atoms with Gasteiger partial charge in [-0.1, -0.05) is 56.3 Å². The van der Waals surface area contributed by atoms with E-state index in [9.17, 15) is 0 Å². The summed E-state index contributed by atoms with van der Waals surface area (Å²) in [6.07, 6.45) is 1.12. The van der Waals surface area contributed by atoms with Gasteiger partial charge in [0.2, 0.25) is 0 Å². The van der Waals surface area contributed by atoms with Gasteiger partial charge in [0.1, 0.15) is 0 Å². The van der Waals surface area contributed by atoms with Crippen LogP contribution < -0.4 is 10.6 Å². The molecule has 0 bridgehead atoms. The predicted octanol–water partition coefficient (Wildman–Crippen LogP) is 5.55. The number of hydrogen-bond donors (Lipinski definition) is 2. The lowest BCUT2D eigenvalue weighted by atomic mass is 10.00. The fourth-order valence-electron chi connectivity index (χ4n) is 2.86. The second-order valence-electron chi connectivity index (χ2n) is 6.93. The van der Waals surface area contributed by atoms with Crippen LogP contribution in [0.15, 0.2) is 42.5 Å². The minimum Gasteiger partial charge on any atom is -0.356 e. The Kier molecular flexibility index (Phi) is 6.38. The molecule has 0 saturated carbocycles. The molecule has 0 saturated heterocycles. The molecular formula is C21H28N2S. The maximum Gasteiger partial charge on any atom is 0.171 e. The Morgan fingerprint density at radius 3 is 2.08 bits per heavy atom. The average Bonchev–Trinajstić information content (AvgIpc) is 2.51. The third-order valence-corrected chi connectivity index (χ3v) is 4.41. The Balaban J connectivity index is 1.98. The van der Waals surface area contributed by atoms with Crippen molar-refractivity contribution in [2.24, 2.45) is 5.92 Å². The molecule has 128 valence electrons. The first kappa shape index (κ1) is 18.5. The Morgan fingerprint density at radius 2 is 1.54 bits per heavy atom. The van der Waals surface area contributed by atoms with Crippen LogP contribution in [0.3, 0.4) is 0 Å². The molecule has 0 heterocycles. The molecular weight excluding hydrogens is 312 g/mol. The van der Waals surface area contributed by atoms with Crippen LogP contribution in [-0.4, -0.2) is 5.11 Å². The first-order valence-corrected chi connectivity index (χ1v) is 9.00. The zero-order valence-electron chi connectivity index (χ0n) is 15.3. The molecule has 24 heavy (non-hydrogen) atoms. The van der Waals surface area contributed by atoms with E-state index in [0.717, 1.165) is 12.1 Å². The van der Waals surface area contributed by atoms with E-state index in [0.29, 0.717) is 11.0 Å². The highest BCUT2D eigenvalue weighted by Gasteiger charge is 2.09. The summed E-state index contributed by atoms with van der Waals surface area (Å²) < 4.78 is 0. The molecule has 1 unspecified atom stereocenters. The molecule has 2 N–H and O–H groups in total. The summed E-state index contributed by atoms with van der Waals surface area (Å²) in [6, 6.07) is 15.2. The summed E-state index contributed by atoms with van der Waals surface area (Å²) in [5.41, 5.74) is 6.12. The molecule has 2 aromatic rings. The first-order chi connectivity index (χ1) is 11.4. The number of anilines is 1. The van der Waals surface area contributed by atoms with Crippen LogP contribution in [0.1, 0.15) is 49.1 Å². The van der Waals surface area contributed by atoms with Gasteiger partial charge in [-0.15, -0.1) is 0 Å². The van der Waals surface area contributed by atoms with Crippen LogP contribution in [0.5, 0.6) is 0 Å². The predicted molar refractivity (Wildman–Crippen MR) is 109 cm³/mol. The van der Waals surface area contributed by atoms with Gasteiger partial charge in [0.05, 0.1) is 6.04 Å². The summed E-state index contributed by atoms with van der Waals surface area (Å²) in [7, 11) is 0. The van der Waals surface area contributed by atoms with E-state index in [-0.39, 0.29) is 6.04 Å². The molecule has 0 aromatic heterocycles. The molecule has 0 aliphatic carbocycles. The van der Waals surface area contributed by atoms with Crippen molar-refractivity contribution in [2.45, 2.75) is 47.1 Å². The smallest absolute Gasteiger partial charge is 0.171 e. The third kappa shape index (κ3) is 5.07. The van der Waals surface area contributed by atoms with Crippen molar-refractivity contribution in [3.8, 4) is 0 Å². The topological polar surface area (TPSA) is 24.1 Å². The van der Waals surface area contributed by atoms with Gasteiger partial charge in [-0.3, -0.25) is 0 Å². The van der Waals surface area contributed by atoms with E-state index < -0.39 is 0 Å². The Bertz CT molecular complexity index is 669. The zero-order valence-corrected chi connectivity index (χ0v) is 16.1. The number of nitrogens with one attached hydrogen (secondary N) is 2. The van der Waals surface area contributed by atoms with Gasteiger partial charge in [0.25, 0.3) is 0 Å². The molecule has 2 rings (SSSR count). The molecule has 2 aromatic carbocycles. The van der Waals surface area contributed by atoms with E-state index in [1.165, 1.54) is 22.3 Å². The molecule has 0 spiro atoms. The minimum atomic E-state index is 0.169. The van der Waals surface area contributed by atoms with Gasteiger partial charge in [-0.25, -0.2) is 0 Å². The Hall–Kier alpha value is -1.87. The molecule has 2 nitrogen and oxygen atoms in total. The summed E-state index contributed by atoms with van der Waals surface area (Å²) >= 11 is 5.49. The number of aryl methyl sites for hydroxylation is 2. The Labute approximate surface area is 151 Å². The van der Waals surface area contributed by atoms with Crippen LogP contribution in [-0.2, 0) is 6.42 Å². The highest BCUT2D eigenvalue weighted by Crippen LogP contribution is 2.20. The molecule has 1 atom stereocenters. The highest BCUT2D eigenvalue weighted by atomic mass is 32.1. The number of para-hydroxylation sites is 1. The van der Waals surface area contributed by atoms with Crippen molar-refractivity contribution in [3.63, 3.8) is 0 Å². The van der Waals surface area contributed by atoms with E-state index in [1.807, 2.05) is 0 Å². The largest absolute Gasteiger partial charge is 0.356 e. The molecule has 3 heteroatoms. The summed E-state index contributed by atoms with van der Waals surface area (Å²) in [5, 5.41) is 7.38. The van der Waals surface area contributed by atoms with Crippen molar-refractivity contribution in [1.29, 1.82) is 0 Å². The second kappa shape index (κ2) is 8.29. The summed E-state index contributed by atoms with van der Waals surface area (Å²) in [6.45, 7) is 10.8. The van der Waals surface area contributed by atoms with E-state index in [4.69, 9.17) is 12.2 Å². The van der Waals surface area contributed by atoms with E-state index >= 15 is 0 Å². The maximum atomic E-state index is 5.49. The molecule has 0 amide bonds. The lowest BCUT2D eigenvalue weighted by Crippen LogP contribution is -2.31. The average molecular weight is 341 g/mol. The van der Waals surface area contributed by atoms with Gasteiger partial charge >= 0.3 is 0 Å². The monoisotopic (exact) mass is 340 g/mol. The van der Waals surface area contributed by atoms with Crippen molar-refractivity contribution in [3.05, 3.63) is 64.7 Å². The van der Waals surface area contributed by atoms with E-state index in [2.05, 4.69) is 87.7 Å². The standard InChI is InChI=1S/C21H28N2S/c1-14(2)13-18-9-11-19(12-10-18)17(5)22-21(24)23-20-15(3)7-6-8-16(20)4/h6-12,14,17H,13H2,1-5H3,(H2,22,23,24). The normalized spacial score (nSPS) is 12.1. The number of benzene rings is 2. The van der Waals surface area contributed by atoms with E-state index in [1.54, 1.807) is 0 Å². The molecule has 0 fully saturated rings. The lowest BCUT2D eigenvalue weighted by Gasteiger charge is -2.19. The quantitative estimate of drug-likeness (QED) is 0.698. The Morgan fingerprint density at radius 1 is 0.958 bits per heavy atom. The van der Waals surface area contributed by atoms with Crippen LogP contribution in [0.2, 0.25) is 0 Å². The maximum absolute atomic E-state index is 5.49. The van der Waals surface area contributed by atoms with Crippen molar-refractivity contribution in [1.82, 2.24) is 5.32 Å². The zero-order chi connectivity index (χ0) is 17.7. The first-order valence-electron chi connectivity index (χ1n) is 8.59. The van der Waals surface area contributed by atoms with Gasteiger partial charge in [-0.2, -0.15) is 0 Å². The number of thiocarbonyl (C=S) groups is 1.